The maximum atomic E-state index is 5.78. The molecule has 1 radical (unpaired) electrons. The van der Waals surface area contributed by atoms with Gasteiger partial charge in [-0.2, -0.15) is 0 Å². The Labute approximate surface area is 93.8 Å². The van der Waals surface area contributed by atoms with Crippen molar-refractivity contribution in [2.45, 2.75) is 24.1 Å². The summed E-state index contributed by atoms with van der Waals surface area (Å²) >= 11 is 17.3. The molecule has 0 aliphatic rings. The zero-order valence-electron chi connectivity index (χ0n) is 7.50. The van der Waals surface area contributed by atoms with E-state index < -0.39 is 3.79 Å². The predicted molar refractivity (Wildman–Crippen MR) is 58.6 cm³/mol. The normalized spacial score (nSPS) is 11.8. The number of hydrogen-bond donors (Lipinski definition) is 0. The first-order chi connectivity index (χ1) is 5.93. The molecule has 1 rings (SSSR count). The van der Waals surface area contributed by atoms with Crippen LogP contribution in [0, 0.1) is 13.0 Å². The molecule has 0 unspecified atom stereocenters. The lowest BCUT2D eigenvalue weighted by molar-refractivity contribution is 1.10. The van der Waals surface area contributed by atoms with Crippen molar-refractivity contribution in [3.63, 3.8) is 0 Å². The third-order valence-electron chi connectivity index (χ3n) is 1.77. The van der Waals surface area contributed by atoms with Gasteiger partial charge in [0.2, 0.25) is 3.79 Å². The minimum atomic E-state index is -1.33. The first kappa shape index (κ1) is 11.2. The van der Waals surface area contributed by atoms with Gasteiger partial charge in [-0.1, -0.05) is 53.9 Å². The van der Waals surface area contributed by atoms with Crippen LogP contribution in [0.2, 0.25) is 0 Å². The number of halogens is 3. The maximum absolute atomic E-state index is 5.78. The van der Waals surface area contributed by atoms with Crippen molar-refractivity contribution in [1.29, 1.82) is 0 Å². The molecular weight excluding hydrogens is 226 g/mol. The molecule has 0 saturated heterocycles. The Hall–Kier alpha value is 0.0900. The molecule has 3 heteroatoms. The van der Waals surface area contributed by atoms with Crippen molar-refractivity contribution in [2.75, 3.05) is 0 Å². The minimum Gasteiger partial charge on any atom is -0.0784 e. The van der Waals surface area contributed by atoms with Crippen LogP contribution in [0.15, 0.2) is 12.1 Å². The van der Waals surface area contributed by atoms with Crippen LogP contribution in [0.4, 0.5) is 0 Å². The summed E-state index contributed by atoms with van der Waals surface area (Å²) in [7, 11) is 0. The van der Waals surface area contributed by atoms with Crippen molar-refractivity contribution >= 4 is 34.8 Å². The number of aryl methyl sites for hydroxylation is 2. The zero-order valence-corrected chi connectivity index (χ0v) is 9.76. The molecule has 0 aliphatic heterocycles. The van der Waals surface area contributed by atoms with Crippen LogP contribution >= 0.6 is 34.8 Å². The summed E-state index contributed by atoms with van der Waals surface area (Å²) < 4.78 is -1.33. The second kappa shape index (κ2) is 4.08. The van der Waals surface area contributed by atoms with Crippen LogP contribution in [0.1, 0.15) is 23.6 Å². The molecule has 1 aromatic carbocycles. The summed E-state index contributed by atoms with van der Waals surface area (Å²) in [6.45, 7) is 3.99. The van der Waals surface area contributed by atoms with E-state index in [1.54, 1.807) is 0 Å². The van der Waals surface area contributed by atoms with Gasteiger partial charge in [-0.15, -0.1) is 0 Å². The molecule has 0 N–H and O–H groups in total. The Morgan fingerprint density at radius 1 is 1.31 bits per heavy atom. The van der Waals surface area contributed by atoms with Crippen molar-refractivity contribution in [3.05, 3.63) is 34.9 Å². The van der Waals surface area contributed by atoms with Crippen LogP contribution in [0.3, 0.4) is 0 Å². The van der Waals surface area contributed by atoms with Crippen molar-refractivity contribution in [2.24, 2.45) is 0 Å². The molecule has 0 nitrogen and oxygen atoms in total. The Morgan fingerprint density at radius 2 is 1.92 bits per heavy atom. The molecule has 0 aliphatic carbocycles. The Balaban J connectivity index is 3.16. The SMILES string of the molecule is CCc1[c]c(C)cc(C(Cl)(Cl)Cl)c1. The van der Waals surface area contributed by atoms with E-state index in [0.717, 1.165) is 17.5 Å². The lowest BCUT2D eigenvalue weighted by Crippen LogP contribution is -2.01. The largest absolute Gasteiger partial charge is 0.216 e. The fourth-order valence-corrected chi connectivity index (χ4v) is 1.47. The molecule has 0 amide bonds. The van der Waals surface area contributed by atoms with Gasteiger partial charge in [0.25, 0.3) is 0 Å². The summed E-state index contributed by atoms with van der Waals surface area (Å²) in [5.74, 6) is 0. The fraction of sp³-hybridized carbons (Fsp3) is 0.400. The standard InChI is InChI=1S/C10H10Cl3/c1-3-8-4-7(2)5-9(6-8)10(11,12)13/h5-6H,3H2,1-2H3. The van der Waals surface area contributed by atoms with E-state index in [2.05, 4.69) is 6.07 Å². The minimum absolute atomic E-state index is 0.714. The molecule has 0 saturated carbocycles. The van der Waals surface area contributed by atoms with E-state index in [-0.39, 0.29) is 0 Å². The number of benzene rings is 1. The Bertz CT molecular complexity index is 300. The smallest absolute Gasteiger partial charge is 0.0784 e. The van der Waals surface area contributed by atoms with Crippen LogP contribution in [-0.2, 0) is 10.2 Å². The molecule has 0 spiro atoms. The molecule has 13 heavy (non-hydrogen) atoms. The highest BCUT2D eigenvalue weighted by molar-refractivity contribution is 6.66. The lowest BCUT2D eigenvalue weighted by Gasteiger charge is -2.13. The number of alkyl halides is 3. The van der Waals surface area contributed by atoms with Crippen molar-refractivity contribution in [1.82, 2.24) is 0 Å². The summed E-state index contributed by atoms with van der Waals surface area (Å²) in [6, 6.07) is 6.91. The fourth-order valence-electron chi connectivity index (χ4n) is 1.14. The average molecular weight is 237 g/mol. The first-order valence-corrected chi connectivity index (χ1v) is 5.17. The van der Waals surface area contributed by atoms with Gasteiger partial charge in [0.05, 0.1) is 0 Å². The predicted octanol–water partition coefficient (Wildman–Crippen LogP) is 4.18. The molecule has 0 fully saturated rings. The summed E-state index contributed by atoms with van der Waals surface area (Å²) in [6.07, 6.45) is 0.898. The molecule has 0 atom stereocenters. The highest BCUT2D eigenvalue weighted by Gasteiger charge is 2.23. The first-order valence-electron chi connectivity index (χ1n) is 4.03. The van der Waals surface area contributed by atoms with Gasteiger partial charge in [-0.25, -0.2) is 0 Å². The van der Waals surface area contributed by atoms with E-state index in [1.807, 2.05) is 26.0 Å². The van der Waals surface area contributed by atoms with Gasteiger partial charge in [0, 0.05) is 5.56 Å². The van der Waals surface area contributed by atoms with Crippen LogP contribution in [0.5, 0.6) is 0 Å². The van der Waals surface area contributed by atoms with Gasteiger partial charge in [0.1, 0.15) is 0 Å². The van der Waals surface area contributed by atoms with Crippen molar-refractivity contribution < 1.29 is 0 Å². The quantitative estimate of drug-likeness (QED) is 0.642. The summed E-state index contributed by atoms with van der Waals surface area (Å²) in [5, 5.41) is 0. The number of hydrogen-bond acceptors (Lipinski definition) is 0. The zero-order chi connectivity index (χ0) is 10.1. The Kier molecular flexibility index (Phi) is 3.50. The van der Waals surface area contributed by atoms with Gasteiger partial charge in [-0.3, -0.25) is 0 Å². The average Bonchev–Trinajstić information content (AvgIpc) is 2.01. The van der Waals surface area contributed by atoms with Crippen molar-refractivity contribution in [3.8, 4) is 0 Å². The van der Waals surface area contributed by atoms with Crippen LogP contribution < -0.4 is 0 Å². The summed E-state index contributed by atoms with van der Waals surface area (Å²) in [4.78, 5) is 0. The van der Waals surface area contributed by atoms with E-state index in [9.17, 15) is 0 Å². The maximum Gasteiger partial charge on any atom is 0.216 e. The lowest BCUT2D eigenvalue weighted by atomic mass is 10.1. The second-order valence-corrected chi connectivity index (χ2v) is 5.21. The Morgan fingerprint density at radius 3 is 2.38 bits per heavy atom. The van der Waals surface area contributed by atoms with E-state index in [1.165, 1.54) is 0 Å². The highest BCUT2D eigenvalue weighted by Crippen LogP contribution is 2.38. The van der Waals surface area contributed by atoms with Crippen LogP contribution in [0.25, 0.3) is 0 Å². The van der Waals surface area contributed by atoms with E-state index in [0.29, 0.717) is 5.56 Å². The number of rotatable bonds is 1. The third kappa shape index (κ3) is 3.05. The third-order valence-corrected chi connectivity index (χ3v) is 2.42. The highest BCUT2D eigenvalue weighted by atomic mass is 35.6. The van der Waals surface area contributed by atoms with Gasteiger partial charge in [0.15, 0.2) is 0 Å². The summed E-state index contributed by atoms with van der Waals surface area (Å²) in [5.41, 5.74) is 2.78. The van der Waals surface area contributed by atoms with E-state index >= 15 is 0 Å². The molecule has 0 bridgehead atoms. The molecule has 0 aromatic heterocycles. The molecule has 71 valence electrons. The van der Waals surface area contributed by atoms with Gasteiger partial charge >= 0.3 is 0 Å². The van der Waals surface area contributed by atoms with Gasteiger partial charge < -0.3 is 0 Å². The van der Waals surface area contributed by atoms with Gasteiger partial charge in [-0.05, 0) is 30.5 Å². The molecule has 0 heterocycles. The molecule has 1 aromatic rings. The second-order valence-electron chi connectivity index (χ2n) is 2.93. The topological polar surface area (TPSA) is 0 Å². The van der Waals surface area contributed by atoms with Crippen LogP contribution in [-0.4, -0.2) is 0 Å². The molecular formula is C10H10Cl3. The van der Waals surface area contributed by atoms with E-state index in [4.69, 9.17) is 34.8 Å². The monoisotopic (exact) mass is 235 g/mol.